The summed E-state index contributed by atoms with van der Waals surface area (Å²) in [4.78, 5) is 0. The second kappa shape index (κ2) is 9.75. The van der Waals surface area contributed by atoms with Crippen LogP contribution in [0.15, 0.2) is 18.2 Å². The summed E-state index contributed by atoms with van der Waals surface area (Å²) in [6.07, 6.45) is 1.61. The molecule has 1 atom stereocenters. The van der Waals surface area contributed by atoms with Crippen molar-refractivity contribution in [3.8, 4) is 5.75 Å². The maximum atomic E-state index is 9.86. The van der Waals surface area contributed by atoms with Crippen LogP contribution in [-0.2, 0) is 4.74 Å². The van der Waals surface area contributed by atoms with E-state index in [1.54, 1.807) is 7.11 Å². The molecule has 0 radical (unpaired) electrons. The van der Waals surface area contributed by atoms with Gasteiger partial charge in [-0.3, -0.25) is 0 Å². The smallest absolute Gasteiger partial charge is 0.122 e. The molecule has 1 rings (SSSR count). The topological polar surface area (TPSA) is 50.7 Å². The predicted octanol–water partition coefficient (Wildman–Crippen LogP) is 2.06. The zero-order chi connectivity index (χ0) is 14.8. The normalized spacial score (nSPS) is 12.4. The third-order valence-corrected chi connectivity index (χ3v) is 3.11. The van der Waals surface area contributed by atoms with Crippen molar-refractivity contribution in [1.82, 2.24) is 5.32 Å². The van der Waals surface area contributed by atoms with Gasteiger partial charge >= 0.3 is 0 Å². The van der Waals surface area contributed by atoms with Gasteiger partial charge in [-0.1, -0.05) is 12.1 Å². The predicted molar refractivity (Wildman–Crippen MR) is 81.4 cm³/mol. The second-order valence-electron chi connectivity index (χ2n) is 5.14. The fourth-order valence-electron chi connectivity index (χ4n) is 1.87. The van der Waals surface area contributed by atoms with Crippen molar-refractivity contribution >= 4 is 0 Å². The second-order valence-corrected chi connectivity index (χ2v) is 5.14. The Morgan fingerprint density at radius 2 is 2.05 bits per heavy atom. The summed E-state index contributed by atoms with van der Waals surface area (Å²) in [5, 5.41) is 13.1. The molecule has 0 aromatic heterocycles. The number of aliphatic hydroxyl groups is 1. The lowest BCUT2D eigenvalue weighted by atomic mass is 10.1. The molecule has 0 amide bonds. The van der Waals surface area contributed by atoms with Crippen LogP contribution in [0.3, 0.4) is 0 Å². The lowest BCUT2D eigenvalue weighted by molar-refractivity contribution is 0.106. The molecule has 20 heavy (non-hydrogen) atoms. The lowest BCUT2D eigenvalue weighted by Gasteiger charge is -2.15. The van der Waals surface area contributed by atoms with Gasteiger partial charge in [0.2, 0.25) is 0 Å². The third kappa shape index (κ3) is 6.89. The number of unbranched alkanes of at least 4 members (excludes halogenated alkanes) is 1. The van der Waals surface area contributed by atoms with Crippen LogP contribution in [0.1, 0.15) is 24.0 Å². The number of aliphatic hydroxyl groups excluding tert-OH is 1. The summed E-state index contributed by atoms with van der Waals surface area (Å²) in [5.41, 5.74) is 2.26. The first-order valence-electron chi connectivity index (χ1n) is 7.21. The minimum absolute atomic E-state index is 0.315. The molecule has 4 heteroatoms. The molecule has 0 aliphatic heterocycles. The van der Waals surface area contributed by atoms with E-state index in [-0.39, 0.29) is 0 Å². The quantitative estimate of drug-likeness (QED) is 0.645. The van der Waals surface area contributed by atoms with E-state index in [4.69, 9.17) is 9.47 Å². The van der Waals surface area contributed by atoms with Crippen LogP contribution in [0.2, 0.25) is 0 Å². The summed E-state index contributed by atoms with van der Waals surface area (Å²) >= 11 is 0. The van der Waals surface area contributed by atoms with Gasteiger partial charge in [0.15, 0.2) is 0 Å². The van der Waals surface area contributed by atoms with E-state index in [9.17, 15) is 5.11 Å². The van der Waals surface area contributed by atoms with Crippen LogP contribution in [0.25, 0.3) is 0 Å². The average molecular weight is 281 g/mol. The summed E-state index contributed by atoms with van der Waals surface area (Å²) in [7, 11) is 1.71. The number of rotatable bonds is 10. The Morgan fingerprint density at radius 3 is 2.80 bits per heavy atom. The minimum Gasteiger partial charge on any atom is -0.491 e. The van der Waals surface area contributed by atoms with Gasteiger partial charge in [-0.05, 0) is 50.4 Å². The van der Waals surface area contributed by atoms with E-state index in [0.29, 0.717) is 13.2 Å². The van der Waals surface area contributed by atoms with Crippen molar-refractivity contribution in [3.05, 3.63) is 29.3 Å². The molecular weight excluding hydrogens is 254 g/mol. The van der Waals surface area contributed by atoms with Crippen molar-refractivity contribution < 1.29 is 14.6 Å². The summed E-state index contributed by atoms with van der Waals surface area (Å²) in [6, 6.07) is 6.09. The van der Waals surface area contributed by atoms with Gasteiger partial charge in [0.05, 0.1) is 0 Å². The van der Waals surface area contributed by atoms with E-state index in [2.05, 4.69) is 11.4 Å². The largest absolute Gasteiger partial charge is 0.491 e. The highest BCUT2D eigenvalue weighted by Gasteiger charge is 2.06. The third-order valence-electron chi connectivity index (χ3n) is 3.11. The van der Waals surface area contributed by atoms with Crippen molar-refractivity contribution in [2.45, 2.75) is 32.8 Å². The van der Waals surface area contributed by atoms with Crippen LogP contribution in [0, 0.1) is 13.8 Å². The molecule has 4 nitrogen and oxygen atoms in total. The molecule has 0 saturated heterocycles. The molecule has 0 saturated carbocycles. The zero-order valence-corrected chi connectivity index (χ0v) is 12.8. The Morgan fingerprint density at radius 1 is 1.25 bits per heavy atom. The lowest BCUT2D eigenvalue weighted by Crippen LogP contribution is -2.32. The number of hydrogen-bond acceptors (Lipinski definition) is 4. The van der Waals surface area contributed by atoms with E-state index in [0.717, 1.165) is 42.9 Å². The fraction of sp³-hybridized carbons (Fsp3) is 0.625. The van der Waals surface area contributed by atoms with Crippen molar-refractivity contribution in [3.63, 3.8) is 0 Å². The highest BCUT2D eigenvalue weighted by Crippen LogP contribution is 2.19. The highest BCUT2D eigenvalue weighted by atomic mass is 16.5. The van der Waals surface area contributed by atoms with E-state index in [1.807, 2.05) is 26.0 Å². The SMILES string of the molecule is COCCCCNCC(O)COc1cc(C)ccc1C. The Balaban J connectivity index is 2.16. The van der Waals surface area contributed by atoms with Crippen LogP contribution in [-0.4, -0.2) is 44.6 Å². The van der Waals surface area contributed by atoms with E-state index in [1.165, 1.54) is 0 Å². The van der Waals surface area contributed by atoms with Gasteiger partial charge in [-0.15, -0.1) is 0 Å². The molecule has 0 fully saturated rings. The van der Waals surface area contributed by atoms with Gasteiger partial charge in [0, 0.05) is 20.3 Å². The van der Waals surface area contributed by atoms with Gasteiger partial charge in [0.25, 0.3) is 0 Å². The van der Waals surface area contributed by atoms with Crippen LogP contribution >= 0.6 is 0 Å². The standard InChI is InChI=1S/C16H27NO3/c1-13-6-7-14(2)16(10-13)20-12-15(18)11-17-8-4-5-9-19-3/h6-7,10,15,17-18H,4-5,8-9,11-12H2,1-3H3. The molecule has 1 unspecified atom stereocenters. The number of nitrogens with one attached hydrogen (secondary N) is 1. The summed E-state index contributed by atoms with van der Waals surface area (Å²) in [6.45, 7) is 6.59. The van der Waals surface area contributed by atoms with Gasteiger partial charge in [-0.2, -0.15) is 0 Å². The van der Waals surface area contributed by atoms with Crippen LogP contribution < -0.4 is 10.1 Å². The highest BCUT2D eigenvalue weighted by molar-refractivity contribution is 5.35. The first-order chi connectivity index (χ1) is 9.63. The minimum atomic E-state index is -0.489. The first kappa shape index (κ1) is 17.0. The molecule has 1 aromatic rings. The molecular formula is C16H27NO3. The summed E-state index contributed by atoms with van der Waals surface area (Å²) in [5.74, 6) is 0.851. The Hall–Kier alpha value is -1.10. The monoisotopic (exact) mass is 281 g/mol. The number of aryl methyl sites for hydroxylation is 2. The molecule has 0 aliphatic rings. The first-order valence-corrected chi connectivity index (χ1v) is 7.21. The molecule has 0 aliphatic carbocycles. The van der Waals surface area contributed by atoms with E-state index < -0.39 is 6.10 Å². The Bertz CT molecular complexity index is 382. The van der Waals surface area contributed by atoms with Gasteiger partial charge in [-0.25, -0.2) is 0 Å². The molecule has 0 heterocycles. The van der Waals surface area contributed by atoms with Crippen molar-refractivity contribution in [2.24, 2.45) is 0 Å². The Kier molecular flexibility index (Phi) is 8.26. The number of hydrogen-bond donors (Lipinski definition) is 2. The maximum absolute atomic E-state index is 9.86. The van der Waals surface area contributed by atoms with Gasteiger partial charge in [0.1, 0.15) is 18.5 Å². The van der Waals surface area contributed by atoms with Crippen molar-refractivity contribution in [2.75, 3.05) is 33.4 Å². The molecule has 114 valence electrons. The zero-order valence-electron chi connectivity index (χ0n) is 12.8. The molecule has 1 aromatic carbocycles. The fourth-order valence-corrected chi connectivity index (χ4v) is 1.87. The van der Waals surface area contributed by atoms with Crippen molar-refractivity contribution in [1.29, 1.82) is 0 Å². The number of ether oxygens (including phenoxy) is 2. The van der Waals surface area contributed by atoms with Crippen LogP contribution in [0.5, 0.6) is 5.75 Å². The molecule has 2 N–H and O–H groups in total. The number of methoxy groups -OCH3 is 1. The molecule has 0 spiro atoms. The number of benzene rings is 1. The maximum Gasteiger partial charge on any atom is 0.122 e. The summed E-state index contributed by atoms with van der Waals surface area (Å²) < 4.78 is 10.6. The van der Waals surface area contributed by atoms with Gasteiger partial charge < -0.3 is 19.9 Å². The Labute approximate surface area is 122 Å². The van der Waals surface area contributed by atoms with Crippen LogP contribution in [0.4, 0.5) is 0 Å². The molecule has 0 bridgehead atoms. The average Bonchev–Trinajstić information content (AvgIpc) is 2.43. The van der Waals surface area contributed by atoms with E-state index >= 15 is 0 Å².